The molecule has 0 aliphatic heterocycles. The highest BCUT2D eigenvalue weighted by Crippen LogP contribution is 2.32. The molecule has 1 unspecified atom stereocenters. The lowest BCUT2D eigenvalue weighted by Gasteiger charge is -2.26. The minimum absolute atomic E-state index is 0.117. The molecule has 0 aliphatic rings. The first-order valence-electron chi connectivity index (χ1n) is 5.06. The summed E-state index contributed by atoms with van der Waals surface area (Å²) in [6, 6.07) is 5.62. The molecule has 1 N–H and O–H groups in total. The summed E-state index contributed by atoms with van der Waals surface area (Å²) in [4.78, 5) is 0. The van der Waals surface area contributed by atoms with Crippen LogP contribution in [-0.4, -0.2) is 11.7 Å². The lowest BCUT2D eigenvalue weighted by molar-refractivity contribution is 0.138. The molecule has 3 heteroatoms. The Morgan fingerprint density at radius 3 is 2.53 bits per heavy atom. The van der Waals surface area contributed by atoms with Gasteiger partial charge in [0.25, 0.3) is 0 Å². The Morgan fingerprint density at radius 1 is 1.33 bits per heavy atom. The van der Waals surface area contributed by atoms with Gasteiger partial charge in [0.2, 0.25) is 0 Å². The maximum absolute atomic E-state index is 9.33. The lowest BCUT2D eigenvalue weighted by Crippen LogP contribution is -2.23. The number of aliphatic hydroxyl groups excluding tert-OH is 1. The fourth-order valence-corrected chi connectivity index (χ4v) is 1.82. The molecule has 0 saturated carbocycles. The van der Waals surface area contributed by atoms with Crippen molar-refractivity contribution in [2.75, 3.05) is 6.61 Å². The molecule has 1 aromatic rings. The van der Waals surface area contributed by atoms with Gasteiger partial charge in [0.05, 0.1) is 10.0 Å². The van der Waals surface area contributed by atoms with Gasteiger partial charge in [0.15, 0.2) is 0 Å². The second kappa shape index (κ2) is 5.20. The van der Waals surface area contributed by atoms with Gasteiger partial charge in [0.1, 0.15) is 0 Å². The zero-order valence-corrected chi connectivity index (χ0v) is 10.6. The number of aliphatic hydroxyl groups is 1. The van der Waals surface area contributed by atoms with Crippen molar-refractivity contribution >= 4 is 23.2 Å². The molecule has 84 valence electrons. The summed E-state index contributed by atoms with van der Waals surface area (Å²) >= 11 is 12.0. The van der Waals surface area contributed by atoms with E-state index in [1.54, 1.807) is 6.07 Å². The average molecular weight is 247 g/mol. The van der Waals surface area contributed by atoms with E-state index in [4.69, 9.17) is 23.2 Å². The molecule has 1 nitrogen and oxygen atoms in total. The van der Waals surface area contributed by atoms with Gasteiger partial charge in [0, 0.05) is 6.61 Å². The van der Waals surface area contributed by atoms with Crippen LogP contribution in [0.2, 0.25) is 10.0 Å². The van der Waals surface area contributed by atoms with Gasteiger partial charge >= 0.3 is 0 Å². The SMILES string of the molecule is CCC(C)(CO)Cc1cccc(Cl)c1Cl. The molecule has 15 heavy (non-hydrogen) atoms. The van der Waals surface area contributed by atoms with Crippen molar-refractivity contribution in [2.45, 2.75) is 26.7 Å². The molecule has 0 aromatic heterocycles. The second-order valence-corrected chi connectivity index (χ2v) is 5.00. The van der Waals surface area contributed by atoms with E-state index in [1.807, 2.05) is 19.1 Å². The second-order valence-electron chi connectivity index (χ2n) is 4.21. The zero-order valence-electron chi connectivity index (χ0n) is 9.06. The molecule has 1 rings (SSSR count). The third kappa shape index (κ3) is 3.10. The fourth-order valence-electron chi connectivity index (χ4n) is 1.44. The first kappa shape index (κ1) is 12.8. The van der Waals surface area contributed by atoms with Crippen LogP contribution in [0.5, 0.6) is 0 Å². The van der Waals surface area contributed by atoms with Crippen LogP contribution >= 0.6 is 23.2 Å². The van der Waals surface area contributed by atoms with E-state index in [0.717, 1.165) is 18.4 Å². The van der Waals surface area contributed by atoms with E-state index in [-0.39, 0.29) is 12.0 Å². The van der Waals surface area contributed by atoms with Crippen LogP contribution in [0.25, 0.3) is 0 Å². The fraction of sp³-hybridized carbons (Fsp3) is 0.500. The van der Waals surface area contributed by atoms with E-state index in [2.05, 4.69) is 6.92 Å². The van der Waals surface area contributed by atoms with Gasteiger partial charge in [-0.3, -0.25) is 0 Å². The van der Waals surface area contributed by atoms with Gasteiger partial charge < -0.3 is 5.11 Å². The molecule has 0 fully saturated rings. The summed E-state index contributed by atoms with van der Waals surface area (Å²) in [6.45, 7) is 4.27. The van der Waals surface area contributed by atoms with Gasteiger partial charge in [-0.1, -0.05) is 49.2 Å². The van der Waals surface area contributed by atoms with Crippen LogP contribution in [0.4, 0.5) is 0 Å². The molecular weight excluding hydrogens is 231 g/mol. The molecular formula is C12H16Cl2O. The van der Waals surface area contributed by atoms with Crippen molar-refractivity contribution < 1.29 is 5.11 Å². The van der Waals surface area contributed by atoms with Crippen LogP contribution in [0.1, 0.15) is 25.8 Å². The third-order valence-corrected chi connectivity index (χ3v) is 3.74. The number of hydrogen-bond donors (Lipinski definition) is 1. The molecule has 0 spiro atoms. The lowest BCUT2D eigenvalue weighted by atomic mass is 9.82. The van der Waals surface area contributed by atoms with E-state index in [9.17, 15) is 5.11 Å². The molecule has 0 radical (unpaired) electrons. The summed E-state index contributed by atoms with van der Waals surface area (Å²) < 4.78 is 0. The third-order valence-electron chi connectivity index (χ3n) is 2.88. The van der Waals surface area contributed by atoms with Crippen LogP contribution in [0.3, 0.4) is 0 Å². The summed E-state index contributed by atoms with van der Waals surface area (Å²) in [6.07, 6.45) is 1.66. The quantitative estimate of drug-likeness (QED) is 0.854. The zero-order chi connectivity index (χ0) is 11.5. The van der Waals surface area contributed by atoms with Gasteiger partial charge in [-0.2, -0.15) is 0 Å². The maximum atomic E-state index is 9.33. The molecule has 0 saturated heterocycles. The Labute approximate surface area is 101 Å². The maximum Gasteiger partial charge on any atom is 0.0624 e. The first-order valence-corrected chi connectivity index (χ1v) is 5.82. The number of halogens is 2. The van der Waals surface area contributed by atoms with E-state index >= 15 is 0 Å². The number of hydrogen-bond acceptors (Lipinski definition) is 1. The predicted octanol–water partition coefficient (Wildman–Crippen LogP) is 3.94. The van der Waals surface area contributed by atoms with Crippen molar-refractivity contribution in [2.24, 2.45) is 5.41 Å². The highest BCUT2D eigenvalue weighted by atomic mass is 35.5. The summed E-state index contributed by atoms with van der Waals surface area (Å²) in [5, 5.41) is 10.5. The van der Waals surface area contributed by atoms with Crippen molar-refractivity contribution in [3.05, 3.63) is 33.8 Å². The van der Waals surface area contributed by atoms with Crippen molar-refractivity contribution in [3.8, 4) is 0 Å². The summed E-state index contributed by atoms with van der Waals surface area (Å²) in [7, 11) is 0. The Morgan fingerprint density at radius 2 is 2.00 bits per heavy atom. The van der Waals surface area contributed by atoms with E-state index in [0.29, 0.717) is 10.0 Å². The minimum Gasteiger partial charge on any atom is -0.396 e. The van der Waals surface area contributed by atoms with Crippen LogP contribution in [0.15, 0.2) is 18.2 Å². The van der Waals surface area contributed by atoms with Crippen molar-refractivity contribution in [3.63, 3.8) is 0 Å². The smallest absolute Gasteiger partial charge is 0.0624 e. The van der Waals surface area contributed by atoms with Crippen molar-refractivity contribution in [1.82, 2.24) is 0 Å². The number of rotatable bonds is 4. The van der Waals surface area contributed by atoms with Crippen molar-refractivity contribution in [1.29, 1.82) is 0 Å². The van der Waals surface area contributed by atoms with Gasteiger partial charge in [-0.15, -0.1) is 0 Å². The Balaban J connectivity index is 2.94. The summed E-state index contributed by atoms with van der Waals surface area (Å²) in [5.41, 5.74) is 0.886. The first-order chi connectivity index (χ1) is 7.02. The van der Waals surface area contributed by atoms with Crippen LogP contribution < -0.4 is 0 Å². The monoisotopic (exact) mass is 246 g/mol. The molecule has 0 heterocycles. The standard InChI is InChI=1S/C12H16Cl2O/c1-3-12(2,8-15)7-9-5-4-6-10(13)11(9)14/h4-6,15H,3,7-8H2,1-2H3. The predicted molar refractivity (Wildman–Crippen MR) is 65.6 cm³/mol. The molecule has 0 aliphatic carbocycles. The highest BCUT2D eigenvalue weighted by Gasteiger charge is 2.22. The average Bonchev–Trinajstić information content (AvgIpc) is 2.25. The molecule has 1 atom stereocenters. The molecule has 1 aromatic carbocycles. The van der Waals surface area contributed by atoms with Gasteiger partial charge in [-0.25, -0.2) is 0 Å². The Hall–Kier alpha value is -0.240. The minimum atomic E-state index is -0.117. The topological polar surface area (TPSA) is 20.2 Å². The van der Waals surface area contributed by atoms with Crippen LogP contribution in [0, 0.1) is 5.41 Å². The Bertz CT molecular complexity index is 332. The molecule has 0 bridgehead atoms. The summed E-state index contributed by atoms with van der Waals surface area (Å²) in [5.74, 6) is 0. The number of benzene rings is 1. The normalized spacial score (nSPS) is 15.0. The van der Waals surface area contributed by atoms with E-state index in [1.165, 1.54) is 0 Å². The van der Waals surface area contributed by atoms with Crippen LogP contribution in [-0.2, 0) is 6.42 Å². The van der Waals surface area contributed by atoms with Gasteiger partial charge in [-0.05, 0) is 29.9 Å². The Kier molecular flexibility index (Phi) is 4.45. The largest absolute Gasteiger partial charge is 0.396 e. The van der Waals surface area contributed by atoms with E-state index < -0.39 is 0 Å². The highest BCUT2D eigenvalue weighted by molar-refractivity contribution is 6.42. The molecule has 0 amide bonds.